The van der Waals surface area contributed by atoms with Crippen molar-refractivity contribution < 1.29 is 22.4 Å². The average Bonchev–Trinajstić information content (AvgIpc) is 2.40. The Labute approximate surface area is 112 Å². The summed E-state index contributed by atoms with van der Waals surface area (Å²) in [6.45, 7) is 0. The van der Waals surface area contributed by atoms with Crippen molar-refractivity contribution in [2.45, 2.75) is 6.18 Å². The van der Waals surface area contributed by atoms with Gasteiger partial charge in [-0.05, 0) is 36.4 Å². The number of ketones is 1. The lowest BCUT2D eigenvalue weighted by atomic mass is 10.1. The third-order valence-corrected chi connectivity index (χ3v) is 2.55. The van der Waals surface area contributed by atoms with Crippen molar-refractivity contribution in [2.75, 3.05) is 5.32 Å². The number of nitrogens with one attached hydrogen (secondary N) is 1. The van der Waals surface area contributed by atoms with Crippen molar-refractivity contribution in [3.63, 3.8) is 0 Å². The summed E-state index contributed by atoms with van der Waals surface area (Å²) >= 11 is 0. The molecule has 2 aromatic rings. The highest BCUT2D eigenvalue weighted by atomic mass is 19.4. The number of hydrogen-bond acceptors (Lipinski definition) is 2. The summed E-state index contributed by atoms with van der Waals surface area (Å²) in [5.74, 6) is -2.39. The van der Waals surface area contributed by atoms with Crippen LogP contribution in [0, 0.1) is 5.82 Å². The molecule has 0 aliphatic heterocycles. The molecule has 104 valence electrons. The number of anilines is 2. The maximum absolute atomic E-state index is 12.8. The third kappa shape index (κ3) is 3.14. The Kier molecular flexibility index (Phi) is 3.74. The molecule has 1 N–H and O–H groups in total. The number of hydrogen-bond donors (Lipinski definition) is 1. The third-order valence-electron chi connectivity index (χ3n) is 2.55. The van der Waals surface area contributed by atoms with Gasteiger partial charge in [0.2, 0.25) is 0 Å². The molecule has 0 radical (unpaired) electrons. The zero-order chi connectivity index (χ0) is 14.8. The molecule has 0 heterocycles. The first-order valence-corrected chi connectivity index (χ1v) is 5.61. The molecule has 0 bridgehead atoms. The van der Waals surface area contributed by atoms with E-state index in [1.807, 2.05) is 0 Å². The zero-order valence-corrected chi connectivity index (χ0v) is 10.0. The summed E-state index contributed by atoms with van der Waals surface area (Å²) in [5.41, 5.74) is -0.0837. The van der Waals surface area contributed by atoms with Gasteiger partial charge < -0.3 is 5.32 Å². The highest BCUT2D eigenvalue weighted by Gasteiger charge is 2.40. The van der Waals surface area contributed by atoms with Gasteiger partial charge in [-0.25, -0.2) is 4.39 Å². The van der Waals surface area contributed by atoms with Gasteiger partial charge in [-0.15, -0.1) is 0 Å². The van der Waals surface area contributed by atoms with Crippen LogP contribution in [0.15, 0.2) is 48.5 Å². The molecule has 0 saturated heterocycles. The van der Waals surface area contributed by atoms with Crippen molar-refractivity contribution in [1.29, 1.82) is 0 Å². The van der Waals surface area contributed by atoms with Crippen LogP contribution >= 0.6 is 0 Å². The second kappa shape index (κ2) is 5.32. The molecule has 0 aliphatic rings. The van der Waals surface area contributed by atoms with Gasteiger partial charge in [-0.3, -0.25) is 4.79 Å². The number of rotatable bonds is 3. The molecule has 6 heteroatoms. The number of carbonyl (C=O) groups is 1. The standard InChI is InChI=1S/C14H9F4NO/c15-9-5-7-10(8-6-9)19-12-4-2-1-3-11(12)13(20)14(16,17)18/h1-8,19H. The molecule has 20 heavy (non-hydrogen) atoms. The maximum atomic E-state index is 12.8. The summed E-state index contributed by atoms with van der Waals surface area (Å²) in [6.07, 6.45) is -4.94. The van der Waals surface area contributed by atoms with Crippen LogP contribution in [0.1, 0.15) is 10.4 Å². The molecule has 0 saturated carbocycles. The normalized spacial score (nSPS) is 11.2. The van der Waals surface area contributed by atoms with E-state index in [9.17, 15) is 22.4 Å². The quantitative estimate of drug-likeness (QED) is 0.671. The predicted molar refractivity (Wildman–Crippen MR) is 66.5 cm³/mol. The number of carbonyl (C=O) groups excluding carboxylic acids is 1. The Morgan fingerprint density at radius 3 is 2.15 bits per heavy atom. The molecule has 0 spiro atoms. The van der Waals surface area contributed by atoms with Crippen LogP contribution in [0.2, 0.25) is 0 Å². The maximum Gasteiger partial charge on any atom is 0.454 e. The molecule has 2 aromatic carbocycles. The van der Waals surface area contributed by atoms with Gasteiger partial charge in [0.05, 0.1) is 5.56 Å². The van der Waals surface area contributed by atoms with Gasteiger partial charge in [0.1, 0.15) is 5.82 Å². The van der Waals surface area contributed by atoms with Gasteiger partial charge in [-0.1, -0.05) is 12.1 Å². The Morgan fingerprint density at radius 2 is 1.55 bits per heavy atom. The van der Waals surface area contributed by atoms with Crippen molar-refractivity contribution in [3.05, 3.63) is 59.9 Å². The second-order valence-electron chi connectivity index (χ2n) is 4.00. The molecule has 0 unspecified atom stereocenters. The minimum atomic E-state index is -4.94. The minimum absolute atomic E-state index is 0.0152. The second-order valence-corrected chi connectivity index (χ2v) is 4.00. The van der Waals surface area contributed by atoms with Crippen LogP contribution in [0.3, 0.4) is 0 Å². The summed E-state index contributed by atoms with van der Waals surface area (Å²) in [6, 6.07) is 10.3. The van der Waals surface area contributed by atoms with E-state index in [1.165, 1.54) is 30.3 Å². The van der Waals surface area contributed by atoms with Gasteiger partial charge in [0.25, 0.3) is 5.78 Å². The highest BCUT2D eigenvalue weighted by Crippen LogP contribution is 2.28. The molecule has 0 aromatic heterocycles. The van der Waals surface area contributed by atoms with E-state index >= 15 is 0 Å². The van der Waals surface area contributed by atoms with Crippen molar-refractivity contribution in [1.82, 2.24) is 0 Å². The van der Waals surface area contributed by atoms with Crippen molar-refractivity contribution in [3.8, 4) is 0 Å². The van der Waals surface area contributed by atoms with Gasteiger partial charge in [0.15, 0.2) is 0 Å². The van der Waals surface area contributed by atoms with E-state index in [1.54, 1.807) is 0 Å². The van der Waals surface area contributed by atoms with Gasteiger partial charge in [-0.2, -0.15) is 13.2 Å². The number of halogens is 4. The number of Topliss-reactive ketones (excluding diaryl/α,β-unsaturated/α-hetero) is 1. The van der Waals surface area contributed by atoms with E-state index in [0.29, 0.717) is 5.69 Å². The van der Waals surface area contributed by atoms with Gasteiger partial charge in [0, 0.05) is 11.4 Å². The Morgan fingerprint density at radius 1 is 0.950 bits per heavy atom. The topological polar surface area (TPSA) is 29.1 Å². The average molecular weight is 283 g/mol. The largest absolute Gasteiger partial charge is 0.454 e. The first-order chi connectivity index (χ1) is 9.38. The smallest absolute Gasteiger partial charge is 0.355 e. The lowest BCUT2D eigenvalue weighted by molar-refractivity contribution is -0.0884. The molecular weight excluding hydrogens is 274 g/mol. The molecule has 0 amide bonds. The van der Waals surface area contributed by atoms with Crippen LogP contribution in [0.5, 0.6) is 0 Å². The first kappa shape index (κ1) is 14.0. The number of benzene rings is 2. The van der Waals surface area contributed by atoms with E-state index in [4.69, 9.17) is 0 Å². The van der Waals surface area contributed by atoms with Crippen LogP contribution in [0.25, 0.3) is 0 Å². The first-order valence-electron chi connectivity index (χ1n) is 5.61. The predicted octanol–water partition coefficient (Wildman–Crippen LogP) is 4.31. The molecule has 0 fully saturated rings. The molecule has 0 aliphatic carbocycles. The summed E-state index contributed by atoms with van der Waals surface area (Å²) in [4.78, 5) is 11.3. The Hall–Kier alpha value is -2.37. The van der Waals surface area contributed by atoms with E-state index < -0.39 is 23.3 Å². The molecular formula is C14H9F4NO. The van der Waals surface area contributed by atoms with Crippen LogP contribution in [-0.2, 0) is 0 Å². The highest BCUT2D eigenvalue weighted by molar-refractivity contribution is 6.05. The summed E-state index contributed by atoms with van der Waals surface area (Å²) < 4.78 is 50.2. The summed E-state index contributed by atoms with van der Waals surface area (Å²) in [7, 11) is 0. The monoisotopic (exact) mass is 283 g/mol. The van der Waals surface area contributed by atoms with E-state index in [0.717, 1.165) is 18.2 Å². The lowest BCUT2D eigenvalue weighted by Gasteiger charge is -2.12. The molecule has 2 nitrogen and oxygen atoms in total. The van der Waals surface area contributed by atoms with Crippen molar-refractivity contribution >= 4 is 17.2 Å². The zero-order valence-electron chi connectivity index (χ0n) is 10.0. The minimum Gasteiger partial charge on any atom is -0.355 e. The number of para-hydroxylation sites is 1. The van der Waals surface area contributed by atoms with Gasteiger partial charge >= 0.3 is 6.18 Å². The molecule has 0 atom stereocenters. The summed E-state index contributed by atoms with van der Waals surface area (Å²) in [5, 5.41) is 2.67. The van der Waals surface area contributed by atoms with Crippen LogP contribution in [0.4, 0.5) is 28.9 Å². The fraction of sp³-hybridized carbons (Fsp3) is 0.0714. The van der Waals surface area contributed by atoms with Crippen molar-refractivity contribution in [2.24, 2.45) is 0 Å². The Balaban J connectivity index is 2.33. The number of alkyl halides is 3. The fourth-order valence-electron chi connectivity index (χ4n) is 1.63. The van der Waals surface area contributed by atoms with Crippen LogP contribution in [-0.4, -0.2) is 12.0 Å². The SMILES string of the molecule is O=C(c1ccccc1Nc1ccc(F)cc1)C(F)(F)F. The Bertz CT molecular complexity index is 620. The van der Waals surface area contributed by atoms with E-state index in [2.05, 4.69) is 5.32 Å². The van der Waals surface area contributed by atoms with E-state index in [-0.39, 0.29) is 5.69 Å². The fourth-order valence-corrected chi connectivity index (χ4v) is 1.63. The lowest BCUT2D eigenvalue weighted by Crippen LogP contribution is -2.23. The van der Waals surface area contributed by atoms with Crippen LogP contribution < -0.4 is 5.32 Å². The molecule has 2 rings (SSSR count).